The number of aromatic nitrogens is 1. The molecule has 0 spiro atoms. The van der Waals surface area contributed by atoms with E-state index in [0.717, 1.165) is 10.9 Å². The molecule has 0 atom stereocenters. The summed E-state index contributed by atoms with van der Waals surface area (Å²) in [5.41, 5.74) is 4.27. The van der Waals surface area contributed by atoms with Crippen LogP contribution in [-0.4, -0.2) is 16.4 Å². The highest BCUT2D eigenvalue weighted by molar-refractivity contribution is 8.13. The van der Waals surface area contributed by atoms with Crippen molar-refractivity contribution >= 4 is 27.8 Å². The minimum absolute atomic E-state index is 0.0620. The van der Waals surface area contributed by atoms with E-state index in [4.69, 9.17) is 0 Å². The minimum Gasteiger partial charge on any atom is -0.282 e. The molecule has 2 nitrogen and oxygen atoms in total. The lowest BCUT2D eigenvalue weighted by Gasteiger charge is -2.22. The first-order chi connectivity index (χ1) is 8.84. The van der Waals surface area contributed by atoms with Crippen LogP contribution in [0.25, 0.3) is 10.9 Å². The van der Waals surface area contributed by atoms with E-state index in [-0.39, 0.29) is 10.5 Å². The van der Waals surface area contributed by atoms with Crippen LogP contribution in [0.4, 0.5) is 0 Å². The number of aryl methyl sites for hydroxylation is 1. The van der Waals surface area contributed by atoms with Gasteiger partial charge in [-0.05, 0) is 35.8 Å². The minimum atomic E-state index is 0.0620. The molecule has 0 saturated carbocycles. The van der Waals surface area contributed by atoms with Gasteiger partial charge in [0.2, 0.25) is 5.12 Å². The zero-order valence-corrected chi connectivity index (χ0v) is 12.9. The van der Waals surface area contributed by atoms with E-state index in [9.17, 15) is 4.79 Å². The van der Waals surface area contributed by atoms with Gasteiger partial charge in [-0.2, -0.15) is 0 Å². The van der Waals surface area contributed by atoms with Crippen molar-refractivity contribution in [3.8, 4) is 0 Å². The van der Waals surface area contributed by atoms with Gasteiger partial charge in [0.25, 0.3) is 0 Å². The van der Waals surface area contributed by atoms with Crippen molar-refractivity contribution in [1.29, 1.82) is 0 Å². The molecule has 2 aromatic rings. The highest BCUT2D eigenvalue weighted by Crippen LogP contribution is 2.30. The number of hydrogen-bond donors (Lipinski definition) is 0. The van der Waals surface area contributed by atoms with E-state index in [2.05, 4.69) is 44.8 Å². The second-order valence-electron chi connectivity index (χ2n) is 5.78. The molecule has 0 bridgehead atoms. The van der Waals surface area contributed by atoms with Gasteiger partial charge in [-0.25, -0.2) is 0 Å². The molecular weight excluding hydrogens is 254 g/mol. The van der Waals surface area contributed by atoms with Gasteiger partial charge >= 0.3 is 0 Å². The fourth-order valence-corrected chi connectivity index (χ4v) is 2.74. The van der Waals surface area contributed by atoms with Gasteiger partial charge in [0.05, 0.1) is 5.52 Å². The molecule has 0 aliphatic heterocycles. The van der Waals surface area contributed by atoms with E-state index in [0.29, 0.717) is 5.56 Å². The van der Waals surface area contributed by atoms with Gasteiger partial charge in [-0.15, -0.1) is 0 Å². The second-order valence-corrected chi connectivity index (χ2v) is 6.55. The molecule has 0 amide bonds. The van der Waals surface area contributed by atoms with Gasteiger partial charge < -0.3 is 0 Å². The van der Waals surface area contributed by atoms with E-state index < -0.39 is 0 Å². The lowest BCUT2D eigenvalue weighted by atomic mass is 9.83. The first-order valence-corrected chi connectivity index (χ1v) is 7.55. The Morgan fingerprint density at radius 3 is 2.53 bits per heavy atom. The van der Waals surface area contributed by atoms with Gasteiger partial charge in [0.1, 0.15) is 0 Å². The molecule has 1 aromatic heterocycles. The van der Waals surface area contributed by atoms with Crippen LogP contribution < -0.4 is 0 Å². The Kier molecular flexibility index (Phi) is 3.68. The summed E-state index contributed by atoms with van der Waals surface area (Å²) >= 11 is 1.22. The first-order valence-electron chi connectivity index (χ1n) is 6.33. The van der Waals surface area contributed by atoms with Crippen molar-refractivity contribution in [3.05, 3.63) is 41.1 Å². The largest absolute Gasteiger partial charge is 0.282 e. The quantitative estimate of drug-likeness (QED) is 0.774. The van der Waals surface area contributed by atoms with E-state index in [1.807, 2.05) is 6.07 Å². The molecule has 2 rings (SSSR count). The Morgan fingerprint density at radius 1 is 1.26 bits per heavy atom. The number of fused-ring (bicyclic) bond motifs is 1. The lowest BCUT2D eigenvalue weighted by molar-refractivity contribution is 0.108. The molecule has 1 aromatic carbocycles. The highest BCUT2D eigenvalue weighted by Gasteiger charge is 2.18. The summed E-state index contributed by atoms with van der Waals surface area (Å²) in [4.78, 5) is 16.2. The Balaban J connectivity index is 2.64. The van der Waals surface area contributed by atoms with Crippen molar-refractivity contribution < 1.29 is 4.79 Å². The van der Waals surface area contributed by atoms with Crippen LogP contribution in [0.1, 0.15) is 42.3 Å². The number of hydrogen-bond acceptors (Lipinski definition) is 3. The zero-order chi connectivity index (χ0) is 14.2. The maximum atomic E-state index is 11.7. The molecule has 0 aliphatic rings. The number of rotatable bonds is 1. The Morgan fingerprint density at radius 2 is 1.95 bits per heavy atom. The third-order valence-electron chi connectivity index (χ3n) is 3.34. The third kappa shape index (κ3) is 2.66. The van der Waals surface area contributed by atoms with E-state index in [1.165, 1.54) is 22.9 Å². The van der Waals surface area contributed by atoms with Crippen LogP contribution in [0.2, 0.25) is 0 Å². The average molecular weight is 273 g/mol. The predicted octanol–water partition coefficient (Wildman–Crippen LogP) is 4.34. The fourth-order valence-electron chi connectivity index (χ4n) is 2.39. The summed E-state index contributed by atoms with van der Waals surface area (Å²) in [5.74, 6) is 0. The number of pyridine rings is 1. The van der Waals surface area contributed by atoms with Crippen LogP contribution in [0.5, 0.6) is 0 Å². The summed E-state index contributed by atoms with van der Waals surface area (Å²) in [7, 11) is 0. The Hall–Kier alpha value is -1.35. The van der Waals surface area contributed by atoms with Crippen molar-refractivity contribution in [2.24, 2.45) is 0 Å². The average Bonchev–Trinajstić information content (AvgIpc) is 2.36. The maximum Gasteiger partial charge on any atom is 0.220 e. The van der Waals surface area contributed by atoms with Crippen LogP contribution in [0, 0.1) is 6.92 Å². The fraction of sp³-hybridized carbons (Fsp3) is 0.375. The molecule has 0 N–H and O–H groups in total. The van der Waals surface area contributed by atoms with Gasteiger partial charge in [-0.1, -0.05) is 44.7 Å². The van der Waals surface area contributed by atoms with Crippen LogP contribution in [-0.2, 0) is 5.41 Å². The Bertz CT molecular complexity index is 641. The van der Waals surface area contributed by atoms with Crippen LogP contribution in [0.3, 0.4) is 0 Å². The predicted molar refractivity (Wildman–Crippen MR) is 83.0 cm³/mol. The number of carbonyl (C=O) groups is 1. The van der Waals surface area contributed by atoms with E-state index >= 15 is 0 Å². The number of nitrogens with zero attached hydrogens (tertiary/aromatic N) is 1. The zero-order valence-electron chi connectivity index (χ0n) is 12.1. The monoisotopic (exact) mass is 273 g/mol. The van der Waals surface area contributed by atoms with Crippen molar-refractivity contribution in [2.45, 2.75) is 33.1 Å². The summed E-state index contributed by atoms with van der Waals surface area (Å²) < 4.78 is 0. The van der Waals surface area contributed by atoms with Crippen molar-refractivity contribution in [2.75, 3.05) is 6.26 Å². The molecule has 0 radical (unpaired) electrons. The summed E-state index contributed by atoms with van der Waals surface area (Å²) in [6, 6.07) is 6.14. The smallest absolute Gasteiger partial charge is 0.220 e. The molecule has 3 heteroatoms. The molecule has 0 aliphatic carbocycles. The lowest BCUT2D eigenvalue weighted by Crippen LogP contribution is -2.13. The molecule has 100 valence electrons. The first kappa shape index (κ1) is 14.1. The van der Waals surface area contributed by atoms with Gasteiger partial charge in [0.15, 0.2) is 0 Å². The Labute approximate surface area is 118 Å². The number of carbonyl (C=O) groups excluding carboxylic acids is 1. The van der Waals surface area contributed by atoms with Gasteiger partial charge in [-0.3, -0.25) is 9.78 Å². The summed E-state index contributed by atoms with van der Waals surface area (Å²) in [6.45, 7) is 8.71. The molecule has 1 heterocycles. The van der Waals surface area contributed by atoms with Crippen LogP contribution >= 0.6 is 11.8 Å². The van der Waals surface area contributed by atoms with E-state index in [1.54, 1.807) is 12.5 Å². The topological polar surface area (TPSA) is 30.0 Å². The highest BCUT2D eigenvalue weighted by atomic mass is 32.2. The molecule has 0 unspecified atom stereocenters. The molecule has 19 heavy (non-hydrogen) atoms. The van der Waals surface area contributed by atoms with Crippen LogP contribution in [0.15, 0.2) is 24.4 Å². The van der Waals surface area contributed by atoms with Crippen molar-refractivity contribution in [1.82, 2.24) is 4.98 Å². The normalized spacial score (nSPS) is 11.8. The maximum absolute atomic E-state index is 11.7. The molecule has 0 saturated heterocycles. The number of benzene rings is 1. The summed E-state index contributed by atoms with van der Waals surface area (Å²) in [5, 5.41) is 1.09. The SMILES string of the molecule is CSC(=O)c1cnc2c(C)c(C(C)(C)C)ccc2c1. The standard InChI is InChI=1S/C16H19NOS/c1-10-13(16(2,3)4)7-6-11-8-12(15(18)19-5)9-17-14(10)11/h6-9H,1-5H3. The number of thioether (sulfide) groups is 1. The second kappa shape index (κ2) is 4.97. The summed E-state index contributed by atoms with van der Waals surface area (Å²) in [6.07, 6.45) is 3.47. The van der Waals surface area contributed by atoms with Crippen molar-refractivity contribution in [3.63, 3.8) is 0 Å². The molecule has 0 fully saturated rings. The van der Waals surface area contributed by atoms with Gasteiger partial charge in [0, 0.05) is 17.1 Å². The third-order valence-corrected chi connectivity index (χ3v) is 3.94. The molecular formula is C16H19NOS.